The summed E-state index contributed by atoms with van der Waals surface area (Å²) in [5.74, 6) is -0.740. The maximum Gasteiger partial charge on any atom is 0.303 e. The first-order valence-electron chi connectivity index (χ1n) is 7.73. The van der Waals surface area contributed by atoms with E-state index in [-0.39, 0.29) is 12.5 Å². The van der Waals surface area contributed by atoms with E-state index in [1.807, 2.05) is 37.3 Å². The quantitative estimate of drug-likeness (QED) is 0.846. The molecule has 2 unspecified atom stereocenters. The Balaban J connectivity index is 2.02. The Labute approximate surface area is 126 Å². The van der Waals surface area contributed by atoms with Crippen molar-refractivity contribution in [1.29, 1.82) is 0 Å². The van der Waals surface area contributed by atoms with Gasteiger partial charge in [0.15, 0.2) is 0 Å². The van der Waals surface area contributed by atoms with Gasteiger partial charge in [0.1, 0.15) is 0 Å². The lowest BCUT2D eigenvalue weighted by molar-refractivity contribution is -0.137. The Morgan fingerprint density at radius 3 is 2.71 bits per heavy atom. The minimum atomic E-state index is -0.903. The van der Waals surface area contributed by atoms with E-state index in [4.69, 9.17) is 5.11 Å². The van der Waals surface area contributed by atoms with E-state index in [9.17, 15) is 9.90 Å². The molecule has 1 aromatic carbocycles. The van der Waals surface area contributed by atoms with Crippen molar-refractivity contribution in [3.05, 3.63) is 35.9 Å². The number of piperidine rings is 1. The smallest absolute Gasteiger partial charge is 0.303 e. The van der Waals surface area contributed by atoms with Crippen molar-refractivity contribution in [3.8, 4) is 0 Å². The highest BCUT2D eigenvalue weighted by Gasteiger charge is 2.31. The number of likely N-dealkylation sites (tertiary alicyclic amines) is 1. The van der Waals surface area contributed by atoms with Crippen molar-refractivity contribution in [2.45, 2.75) is 50.7 Å². The van der Waals surface area contributed by atoms with Gasteiger partial charge in [-0.1, -0.05) is 36.8 Å². The second-order valence-corrected chi connectivity index (χ2v) is 6.19. The standard InChI is InChI=1S/C17H25NO3/c1-17(21,14-7-3-2-4-8-14)13-18-12-6-5-9-15(18)10-11-16(19)20/h2-4,7-8,15,21H,5-6,9-13H2,1H3,(H,19,20). The number of benzene rings is 1. The van der Waals surface area contributed by atoms with Crippen LogP contribution in [0.5, 0.6) is 0 Å². The van der Waals surface area contributed by atoms with Crippen molar-refractivity contribution in [3.63, 3.8) is 0 Å². The zero-order valence-corrected chi connectivity index (χ0v) is 12.7. The summed E-state index contributed by atoms with van der Waals surface area (Å²) < 4.78 is 0. The topological polar surface area (TPSA) is 60.8 Å². The monoisotopic (exact) mass is 291 g/mol. The number of β-amino-alcohol motifs (C(OH)–C–C–N with tert-alkyl or cyclic N) is 1. The normalized spacial score (nSPS) is 22.7. The lowest BCUT2D eigenvalue weighted by Gasteiger charge is -2.40. The van der Waals surface area contributed by atoms with Gasteiger partial charge in [0, 0.05) is 19.0 Å². The van der Waals surface area contributed by atoms with Crippen molar-refractivity contribution < 1.29 is 15.0 Å². The van der Waals surface area contributed by atoms with E-state index < -0.39 is 11.6 Å². The third-order valence-corrected chi connectivity index (χ3v) is 4.35. The van der Waals surface area contributed by atoms with Gasteiger partial charge in [-0.3, -0.25) is 9.69 Å². The van der Waals surface area contributed by atoms with Gasteiger partial charge in [-0.15, -0.1) is 0 Å². The summed E-state index contributed by atoms with van der Waals surface area (Å²) in [6, 6.07) is 9.96. The Bertz CT molecular complexity index is 458. The fourth-order valence-electron chi connectivity index (χ4n) is 3.17. The Morgan fingerprint density at radius 2 is 2.05 bits per heavy atom. The third kappa shape index (κ3) is 4.55. The van der Waals surface area contributed by atoms with Gasteiger partial charge in [-0.25, -0.2) is 0 Å². The van der Waals surface area contributed by atoms with Crippen LogP contribution in [0.3, 0.4) is 0 Å². The molecule has 0 aliphatic carbocycles. The molecule has 0 radical (unpaired) electrons. The van der Waals surface area contributed by atoms with Crippen molar-refractivity contribution in [2.75, 3.05) is 13.1 Å². The van der Waals surface area contributed by atoms with Crippen LogP contribution in [0.25, 0.3) is 0 Å². The van der Waals surface area contributed by atoms with Gasteiger partial charge < -0.3 is 10.2 Å². The van der Waals surface area contributed by atoms with Crippen LogP contribution in [0.2, 0.25) is 0 Å². The molecular weight excluding hydrogens is 266 g/mol. The first-order chi connectivity index (χ1) is 9.99. The first-order valence-corrected chi connectivity index (χ1v) is 7.73. The van der Waals surface area contributed by atoms with Crippen LogP contribution in [0, 0.1) is 0 Å². The van der Waals surface area contributed by atoms with Crippen molar-refractivity contribution in [2.24, 2.45) is 0 Å². The molecule has 1 aromatic rings. The van der Waals surface area contributed by atoms with E-state index in [1.165, 1.54) is 0 Å². The van der Waals surface area contributed by atoms with Crippen LogP contribution in [0.1, 0.15) is 44.6 Å². The predicted molar refractivity (Wildman–Crippen MR) is 82.1 cm³/mol. The molecule has 0 amide bonds. The molecule has 0 aromatic heterocycles. The molecule has 1 saturated heterocycles. The minimum absolute atomic E-state index is 0.203. The molecule has 1 aliphatic rings. The summed E-state index contributed by atoms with van der Waals surface area (Å²) in [6.07, 6.45) is 4.16. The van der Waals surface area contributed by atoms with Gasteiger partial charge in [0.25, 0.3) is 0 Å². The molecule has 4 nitrogen and oxygen atoms in total. The lowest BCUT2D eigenvalue weighted by atomic mass is 9.91. The number of carboxylic acid groups (broad SMARTS) is 1. The summed E-state index contributed by atoms with van der Waals surface area (Å²) >= 11 is 0. The van der Waals surface area contributed by atoms with Crippen molar-refractivity contribution >= 4 is 5.97 Å². The molecule has 1 heterocycles. The summed E-state index contributed by atoms with van der Waals surface area (Å²) in [5.41, 5.74) is 0.00707. The van der Waals surface area contributed by atoms with Gasteiger partial charge in [0.2, 0.25) is 0 Å². The molecule has 21 heavy (non-hydrogen) atoms. The number of nitrogens with zero attached hydrogens (tertiary/aromatic N) is 1. The zero-order chi connectivity index (χ0) is 15.3. The SMILES string of the molecule is CC(O)(CN1CCCCC1CCC(=O)O)c1ccccc1. The summed E-state index contributed by atoms with van der Waals surface area (Å²) in [7, 11) is 0. The summed E-state index contributed by atoms with van der Waals surface area (Å²) in [6.45, 7) is 3.33. The van der Waals surface area contributed by atoms with Gasteiger partial charge >= 0.3 is 5.97 Å². The number of hydrogen-bond donors (Lipinski definition) is 2. The number of aliphatic carboxylic acids is 1. The molecule has 1 aliphatic heterocycles. The van der Waals surface area contributed by atoms with E-state index in [0.717, 1.165) is 31.4 Å². The van der Waals surface area contributed by atoms with E-state index in [1.54, 1.807) is 0 Å². The summed E-state index contributed by atoms with van der Waals surface area (Å²) in [4.78, 5) is 13.1. The van der Waals surface area contributed by atoms with Gasteiger partial charge in [-0.2, -0.15) is 0 Å². The number of aliphatic hydroxyl groups is 1. The maximum absolute atomic E-state index is 10.8. The Morgan fingerprint density at radius 1 is 1.33 bits per heavy atom. The van der Waals surface area contributed by atoms with E-state index in [0.29, 0.717) is 13.0 Å². The molecule has 0 saturated carbocycles. The molecule has 2 atom stereocenters. The van der Waals surface area contributed by atoms with Crippen LogP contribution >= 0.6 is 0 Å². The summed E-state index contributed by atoms with van der Waals surface area (Å²) in [5, 5.41) is 19.6. The Hall–Kier alpha value is -1.39. The molecule has 2 rings (SSSR count). The lowest BCUT2D eigenvalue weighted by Crippen LogP contribution is -2.47. The van der Waals surface area contributed by atoms with Crippen LogP contribution < -0.4 is 0 Å². The van der Waals surface area contributed by atoms with Crippen LogP contribution in [0.4, 0.5) is 0 Å². The van der Waals surface area contributed by atoms with Gasteiger partial charge in [-0.05, 0) is 38.3 Å². The molecule has 2 N–H and O–H groups in total. The number of carboxylic acids is 1. The van der Waals surface area contributed by atoms with E-state index in [2.05, 4.69) is 4.90 Å². The predicted octanol–water partition coefficient (Wildman–Crippen LogP) is 2.61. The van der Waals surface area contributed by atoms with E-state index >= 15 is 0 Å². The zero-order valence-electron chi connectivity index (χ0n) is 12.7. The second kappa shape index (κ2) is 7.05. The third-order valence-electron chi connectivity index (χ3n) is 4.35. The molecule has 116 valence electrons. The molecule has 1 fully saturated rings. The van der Waals surface area contributed by atoms with Gasteiger partial charge in [0.05, 0.1) is 5.60 Å². The minimum Gasteiger partial charge on any atom is -0.481 e. The highest BCUT2D eigenvalue weighted by atomic mass is 16.4. The molecular formula is C17H25NO3. The average molecular weight is 291 g/mol. The fourth-order valence-corrected chi connectivity index (χ4v) is 3.17. The van der Waals surface area contributed by atoms with Crippen LogP contribution in [-0.4, -0.2) is 40.2 Å². The average Bonchev–Trinajstić information content (AvgIpc) is 2.47. The second-order valence-electron chi connectivity index (χ2n) is 6.19. The first kappa shape index (κ1) is 16.0. The molecule has 4 heteroatoms. The highest BCUT2D eigenvalue weighted by molar-refractivity contribution is 5.66. The van der Waals surface area contributed by atoms with Crippen LogP contribution in [0.15, 0.2) is 30.3 Å². The number of hydrogen-bond acceptors (Lipinski definition) is 3. The molecule has 0 spiro atoms. The van der Waals surface area contributed by atoms with Crippen LogP contribution in [-0.2, 0) is 10.4 Å². The Kier molecular flexibility index (Phi) is 5.37. The number of rotatable bonds is 6. The maximum atomic E-state index is 10.8. The fraction of sp³-hybridized carbons (Fsp3) is 0.588. The van der Waals surface area contributed by atoms with Crippen molar-refractivity contribution in [1.82, 2.24) is 4.90 Å². The number of carbonyl (C=O) groups is 1. The largest absolute Gasteiger partial charge is 0.481 e. The molecule has 0 bridgehead atoms. The highest BCUT2D eigenvalue weighted by Crippen LogP contribution is 2.27.